The molecule has 98 valence electrons. The van der Waals surface area contributed by atoms with Crippen LogP contribution in [0.1, 0.15) is 11.1 Å². The Bertz CT molecular complexity index is 583. The molecule has 1 aromatic rings. The van der Waals surface area contributed by atoms with Gasteiger partial charge in [-0.2, -0.15) is 0 Å². The molecule has 1 aliphatic rings. The molecule has 0 saturated heterocycles. The molecule has 1 aromatic heterocycles. The standard InChI is InChI=1S/C11H14N2O4S/c1-18(16,17)7-11(15)13-3-2-8-4-10(14)12-5-9(8)6-13/h4-5H,2-3,6-7H2,1H3,(H,12,14). The van der Waals surface area contributed by atoms with Crippen molar-refractivity contribution >= 4 is 15.7 Å². The van der Waals surface area contributed by atoms with Crippen LogP contribution in [0.3, 0.4) is 0 Å². The summed E-state index contributed by atoms with van der Waals surface area (Å²) in [5, 5.41) is 9.25. The third-order valence-electron chi connectivity index (χ3n) is 2.82. The van der Waals surface area contributed by atoms with Crippen molar-refractivity contribution in [3.8, 4) is 5.88 Å². The minimum absolute atomic E-state index is 0.0373. The maximum absolute atomic E-state index is 11.8. The second-order valence-electron chi connectivity index (χ2n) is 4.45. The number of sulfone groups is 1. The van der Waals surface area contributed by atoms with E-state index in [1.165, 1.54) is 11.1 Å². The molecule has 0 fully saturated rings. The van der Waals surface area contributed by atoms with Gasteiger partial charge in [0.1, 0.15) is 5.75 Å². The number of aromatic hydroxyl groups is 1. The molecule has 1 aliphatic heterocycles. The Kier molecular flexibility index (Phi) is 3.25. The maximum Gasteiger partial charge on any atom is 0.238 e. The van der Waals surface area contributed by atoms with Gasteiger partial charge in [-0.3, -0.25) is 4.79 Å². The van der Waals surface area contributed by atoms with E-state index in [2.05, 4.69) is 4.98 Å². The zero-order chi connectivity index (χ0) is 13.3. The zero-order valence-corrected chi connectivity index (χ0v) is 10.8. The van der Waals surface area contributed by atoms with Gasteiger partial charge in [-0.1, -0.05) is 0 Å². The van der Waals surface area contributed by atoms with Crippen LogP contribution in [0, 0.1) is 0 Å². The fourth-order valence-corrected chi connectivity index (χ4v) is 2.59. The first-order valence-electron chi connectivity index (χ1n) is 5.47. The molecular weight excluding hydrogens is 256 g/mol. The van der Waals surface area contributed by atoms with Crippen LogP contribution in [0.5, 0.6) is 5.88 Å². The number of amides is 1. The van der Waals surface area contributed by atoms with Gasteiger partial charge in [0.15, 0.2) is 9.84 Å². The molecule has 0 saturated carbocycles. The molecule has 0 atom stereocenters. The molecule has 0 unspecified atom stereocenters. The number of carbonyl (C=O) groups is 1. The molecule has 2 rings (SSSR count). The van der Waals surface area contributed by atoms with Gasteiger partial charge in [-0.25, -0.2) is 13.4 Å². The normalized spacial score (nSPS) is 15.3. The maximum atomic E-state index is 11.8. The highest BCUT2D eigenvalue weighted by Crippen LogP contribution is 2.21. The molecule has 0 aliphatic carbocycles. The summed E-state index contributed by atoms with van der Waals surface area (Å²) in [5.41, 5.74) is 1.80. The van der Waals surface area contributed by atoms with Crippen LogP contribution in [-0.4, -0.2) is 47.9 Å². The quantitative estimate of drug-likeness (QED) is 0.798. The number of aromatic nitrogens is 1. The number of nitrogens with zero attached hydrogens (tertiary/aromatic N) is 2. The predicted octanol–water partition coefficient (Wildman–Crippen LogP) is -0.284. The van der Waals surface area contributed by atoms with Crippen LogP contribution in [0.25, 0.3) is 0 Å². The molecule has 18 heavy (non-hydrogen) atoms. The van der Waals surface area contributed by atoms with E-state index in [0.717, 1.165) is 17.4 Å². The fourth-order valence-electron chi connectivity index (χ4n) is 1.96. The summed E-state index contributed by atoms with van der Waals surface area (Å²) in [6.07, 6.45) is 3.16. The van der Waals surface area contributed by atoms with Crippen LogP contribution < -0.4 is 0 Å². The molecule has 0 spiro atoms. The third kappa shape index (κ3) is 2.98. The Balaban J connectivity index is 2.13. The lowest BCUT2D eigenvalue weighted by Crippen LogP contribution is -2.39. The van der Waals surface area contributed by atoms with Crippen molar-refractivity contribution in [3.63, 3.8) is 0 Å². The lowest BCUT2D eigenvalue weighted by Gasteiger charge is -2.28. The van der Waals surface area contributed by atoms with Crippen molar-refractivity contribution in [2.75, 3.05) is 18.6 Å². The average Bonchev–Trinajstić information content (AvgIpc) is 2.26. The second-order valence-corrected chi connectivity index (χ2v) is 6.59. The first kappa shape index (κ1) is 12.8. The highest BCUT2D eigenvalue weighted by Gasteiger charge is 2.23. The van der Waals surface area contributed by atoms with Crippen LogP contribution in [0.2, 0.25) is 0 Å². The molecule has 7 heteroatoms. The second kappa shape index (κ2) is 4.56. The number of pyridine rings is 1. The number of rotatable bonds is 2. The molecule has 1 N–H and O–H groups in total. The van der Waals surface area contributed by atoms with Crippen molar-refractivity contribution in [2.24, 2.45) is 0 Å². The van der Waals surface area contributed by atoms with E-state index >= 15 is 0 Å². The topological polar surface area (TPSA) is 87.6 Å². The molecule has 0 radical (unpaired) electrons. The number of hydrogen-bond donors (Lipinski definition) is 1. The SMILES string of the molecule is CS(=O)(=O)CC(=O)N1CCc2cc(O)ncc2C1. The van der Waals surface area contributed by atoms with Crippen LogP contribution in [0.15, 0.2) is 12.3 Å². The molecule has 1 amide bonds. The number of fused-ring (bicyclic) bond motifs is 1. The summed E-state index contributed by atoms with van der Waals surface area (Å²) < 4.78 is 22.2. The van der Waals surface area contributed by atoms with Gasteiger partial charge in [0.05, 0.1) is 0 Å². The number of hydrogen-bond acceptors (Lipinski definition) is 5. The lowest BCUT2D eigenvalue weighted by atomic mass is 10.0. The van der Waals surface area contributed by atoms with Crippen molar-refractivity contribution in [3.05, 3.63) is 23.4 Å². The first-order valence-corrected chi connectivity index (χ1v) is 7.53. The minimum Gasteiger partial charge on any atom is -0.493 e. The highest BCUT2D eigenvalue weighted by molar-refractivity contribution is 7.91. The van der Waals surface area contributed by atoms with E-state index in [4.69, 9.17) is 0 Å². The summed E-state index contributed by atoms with van der Waals surface area (Å²) in [6, 6.07) is 1.58. The Morgan fingerprint density at radius 1 is 1.50 bits per heavy atom. The van der Waals surface area contributed by atoms with Gasteiger partial charge in [-0.05, 0) is 17.5 Å². The van der Waals surface area contributed by atoms with Crippen LogP contribution in [-0.2, 0) is 27.6 Å². The van der Waals surface area contributed by atoms with Crippen molar-refractivity contribution in [2.45, 2.75) is 13.0 Å². The van der Waals surface area contributed by atoms with Gasteiger partial charge in [-0.15, -0.1) is 0 Å². The summed E-state index contributed by atoms with van der Waals surface area (Å²) in [4.78, 5) is 17.0. The Hall–Kier alpha value is -1.63. The van der Waals surface area contributed by atoms with Gasteiger partial charge in [0, 0.05) is 31.6 Å². The van der Waals surface area contributed by atoms with E-state index < -0.39 is 21.5 Å². The minimum atomic E-state index is -3.30. The number of carbonyl (C=O) groups excluding carboxylic acids is 1. The summed E-state index contributed by atoms with van der Waals surface area (Å²) in [6.45, 7) is 0.807. The van der Waals surface area contributed by atoms with E-state index in [1.807, 2.05) is 0 Å². The Morgan fingerprint density at radius 2 is 2.22 bits per heavy atom. The largest absolute Gasteiger partial charge is 0.493 e. The van der Waals surface area contributed by atoms with Crippen LogP contribution in [0.4, 0.5) is 0 Å². The fraction of sp³-hybridized carbons (Fsp3) is 0.455. The summed E-state index contributed by atoms with van der Waals surface area (Å²) >= 11 is 0. The van der Waals surface area contributed by atoms with E-state index in [9.17, 15) is 18.3 Å². The Morgan fingerprint density at radius 3 is 2.89 bits per heavy atom. The van der Waals surface area contributed by atoms with Crippen molar-refractivity contribution < 1.29 is 18.3 Å². The Labute approximate surface area is 105 Å². The average molecular weight is 270 g/mol. The third-order valence-corrected chi connectivity index (χ3v) is 3.59. The van der Waals surface area contributed by atoms with Gasteiger partial charge >= 0.3 is 0 Å². The lowest BCUT2D eigenvalue weighted by molar-refractivity contribution is -0.129. The molecule has 0 bridgehead atoms. The van der Waals surface area contributed by atoms with E-state index in [0.29, 0.717) is 19.5 Å². The summed E-state index contributed by atoms with van der Waals surface area (Å²) in [7, 11) is -3.30. The van der Waals surface area contributed by atoms with E-state index in [1.54, 1.807) is 6.07 Å². The van der Waals surface area contributed by atoms with Crippen molar-refractivity contribution in [1.82, 2.24) is 9.88 Å². The van der Waals surface area contributed by atoms with Crippen LogP contribution >= 0.6 is 0 Å². The molecule has 0 aromatic carbocycles. The molecule has 2 heterocycles. The van der Waals surface area contributed by atoms with E-state index in [-0.39, 0.29) is 5.88 Å². The smallest absolute Gasteiger partial charge is 0.238 e. The monoisotopic (exact) mass is 270 g/mol. The highest BCUT2D eigenvalue weighted by atomic mass is 32.2. The van der Waals surface area contributed by atoms with Gasteiger partial charge in [0.25, 0.3) is 0 Å². The van der Waals surface area contributed by atoms with Gasteiger partial charge in [0.2, 0.25) is 11.8 Å². The predicted molar refractivity (Wildman–Crippen MR) is 64.7 cm³/mol. The molecular formula is C11H14N2O4S. The van der Waals surface area contributed by atoms with Crippen molar-refractivity contribution in [1.29, 1.82) is 0 Å². The molecule has 6 nitrogen and oxygen atoms in total. The first-order chi connectivity index (χ1) is 8.35. The summed E-state index contributed by atoms with van der Waals surface area (Å²) in [5.74, 6) is -0.894. The van der Waals surface area contributed by atoms with Gasteiger partial charge < -0.3 is 10.0 Å². The zero-order valence-electron chi connectivity index (χ0n) is 9.96.